The van der Waals surface area contributed by atoms with E-state index in [0.29, 0.717) is 17.9 Å². The van der Waals surface area contributed by atoms with E-state index in [-0.39, 0.29) is 23.8 Å². The van der Waals surface area contributed by atoms with Crippen LogP contribution in [0.1, 0.15) is 16.8 Å². The monoisotopic (exact) mass is 433 g/mol. The SMILES string of the molecule is O=C(CCn1ccnc1)Nc1cccc(NC(=O)c2ccc(OCC(F)(F)F)nc2)c1. The average Bonchev–Trinajstić information content (AvgIpc) is 3.24. The Kier molecular flexibility index (Phi) is 6.85. The summed E-state index contributed by atoms with van der Waals surface area (Å²) in [6.45, 7) is -0.982. The van der Waals surface area contributed by atoms with Gasteiger partial charge in [0, 0.05) is 49.0 Å². The molecule has 0 unspecified atom stereocenters. The minimum Gasteiger partial charge on any atom is -0.468 e. The number of ether oxygens (including phenoxy) is 1. The average molecular weight is 433 g/mol. The van der Waals surface area contributed by atoms with Gasteiger partial charge in [0.1, 0.15) is 0 Å². The molecular weight excluding hydrogens is 415 g/mol. The molecule has 2 heterocycles. The van der Waals surface area contributed by atoms with E-state index in [1.165, 1.54) is 12.1 Å². The number of benzene rings is 1. The first-order chi connectivity index (χ1) is 14.8. The Hall–Kier alpha value is -3.89. The van der Waals surface area contributed by atoms with E-state index >= 15 is 0 Å². The zero-order valence-corrected chi connectivity index (χ0v) is 16.1. The zero-order chi connectivity index (χ0) is 22.3. The predicted molar refractivity (Wildman–Crippen MR) is 106 cm³/mol. The fourth-order valence-corrected chi connectivity index (χ4v) is 2.51. The number of pyridine rings is 1. The number of carbonyl (C=O) groups excluding carboxylic acids is 2. The van der Waals surface area contributed by atoms with Crippen molar-refractivity contribution in [1.82, 2.24) is 14.5 Å². The number of hydrogen-bond donors (Lipinski definition) is 2. The van der Waals surface area contributed by atoms with E-state index in [1.54, 1.807) is 47.6 Å². The largest absolute Gasteiger partial charge is 0.468 e. The van der Waals surface area contributed by atoms with Crippen LogP contribution in [0.15, 0.2) is 61.3 Å². The number of alkyl halides is 3. The first-order valence-electron chi connectivity index (χ1n) is 9.11. The van der Waals surface area contributed by atoms with Crippen LogP contribution in [-0.2, 0) is 11.3 Å². The highest BCUT2D eigenvalue weighted by Gasteiger charge is 2.28. The molecule has 31 heavy (non-hydrogen) atoms. The van der Waals surface area contributed by atoms with Crippen LogP contribution in [0.3, 0.4) is 0 Å². The summed E-state index contributed by atoms with van der Waals surface area (Å²) in [5.74, 6) is -0.955. The molecule has 0 bridgehead atoms. The van der Waals surface area contributed by atoms with Gasteiger partial charge in [-0.2, -0.15) is 13.2 Å². The zero-order valence-electron chi connectivity index (χ0n) is 16.1. The molecule has 0 saturated carbocycles. The highest BCUT2D eigenvalue weighted by molar-refractivity contribution is 6.04. The summed E-state index contributed by atoms with van der Waals surface area (Å²) in [6, 6.07) is 9.04. The molecule has 1 aromatic carbocycles. The third-order valence-electron chi connectivity index (χ3n) is 3.94. The molecule has 0 saturated heterocycles. The number of anilines is 2. The molecular formula is C20H18F3N5O3. The van der Waals surface area contributed by atoms with Gasteiger partial charge in [-0.25, -0.2) is 9.97 Å². The van der Waals surface area contributed by atoms with Crippen molar-refractivity contribution in [3.05, 3.63) is 66.9 Å². The molecule has 2 amide bonds. The smallest absolute Gasteiger partial charge is 0.422 e. The molecule has 11 heteroatoms. The third-order valence-corrected chi connectivity index (χ3v) is 3.94. The molecule has 162 valence electrons. The van der Waals surface area contributed by atoms with Gasteiger partial charge in [-0.15, -0.1) is 0 Å². The van der Waals surface area contributed by atoms with Crippen LogP contribution in [0.4, 0.5) is 24.5 Å². The number of imidazole rings is 1. The van der Waals surface area contributed by atoms with Crippen LogP contribution in [0.2, 0.25) is 0 Å². The Morgan fingerprint density at radius 2 is 1.87 bits per heavy atom. The van der Waals surface area contributed by atoms with E-state index in [1.807, 2.05) is 0 Å². The Labute approximate surface area is 175 Å². The highest BCUT2D eigenvalue weighted by atomic mass is 19.4. The maximum Gasteiger partial charge on any atom is 0.422 e. The molecule has 2 N–H and O–H groups in total. The second kappa shape index (κ2) is 9.74. The Bertz CT molecular complexity index is 1020. The number of rotatable bonds is 8. The van der Waals surface area contributed by atoms with Crippen molar-refractivity contribution < 1.29 is 27.5 Å². The minimum atomic E-state index is -4.47. The summed E-state index contributed by atoms with van der Waals surface area (Å²) in [5, 5.41) is 5.39. The number of halogens is 3. The number of aromatic nitrogens is 3. The van der Waals surface area contributed by atoms with Crippen LogP contribution >= 0.6 is 0 Å². The van der Waals surface area contributed by atoms with E-state index in [2.05, 4.69) is 25.3 Å². The molecule has 0 aliphatic heterocycles. The van der Waals surface area contributed by atoms with Gasteiger partial charge in [0.05, 0.1) is 11.9 Å². The molecule has 0 spiro atoms. The summed E-state index contributed by atoms with van der Waals surface area (Å²) in [7, 11) is 0. The van der Waals surface area contributed by atoms with Crippen molar-refractivity contribution in [2.45, 2.75) is 19.1 Å². The Balaban J connectivity index is 1.53. The lowest BCUT2D eigenvalue weighted by molar-refractivity contribution is -0.154. The number of nitrogens with one attached hydrogen (secondary N) is 2. The van der Waals surface area contributed by atoms with Crippen LogP contribution in [0.25, 0.3) is 0 Å². The van der Waals surface area contributed by atoms with Gasteiger partial charge in [0.25, 0.3) is 5.91 Å². The first-order valence-corrected chi connectivity index (χ1v) is 9.11. The van der Waals surface area contributed by atoms with Crippen LogP contribution in [-0.4, -0.2) is 39.1 Å². The van der Waals surface area contributed by atoms with E-state index in [9.17, 15) is 22.8 Å². The second-order valence-electron chi connectivity index (χ2n) is 6.42. The van der Waals surface area contributed by atoms with Gasteiger partial charge in [-0.3, -0.25) is 9.59 Å². The van der Waals surface area contributed by atoms with Gasteiger partial charge in [0.2, 0.25) is 11.8 Å². The fourth-order valence-electron chi connectivity index (χ4n) is 2.51. The van der Waals surface area contributed by atoms with Crippen LogP contribution in [0, 0.1) is 0 Å². The van der Waals surface area contributed by atoms with Gasteiger partial charge in [-0.05, 0) is 24.3 Å². The minimum absolute atomic E-state index is 0.133. The number of aryl methyl sites for hydroxylation is 1. The van der Waals surface area contributed by atoms with Crippen LogP contribution < -0.4 is 15.4 Å². The van der Waals surface area contributed by atoms with Gasteiger partial charge in [0.15, 0.2) is 6.61 Å². The summed E-state index contributed by atoms with van der Waals surface area (Å²) in [5.41, 5.74) is 1.06. The maximum absolute atomic E-state index is 12.3. The molecule has 0 radical (unpaired) electrons. The summed E-state index contributed by atoms with van der Waals surface area (Å²) in [4.78, 5) is 32.0. The van der Waals surface area contributed by atoms with E-state index in [0.717, 1.165) is 6.20 Å². The molecule has 3 rings (SSSR count). The van der Waals surface area contributed by atoms with Crippen molar-refractivity contribution in [3.8, 4) is 5.88 Å². The van der Waals surface area contributed by atoms with Crippen molar-refractivity contribution in [2.75, 3.05) is 17.2 Å². The van der Waals surface area contributed by atoms with Gasteiger partial charge in [-0.1, -0.05) is 6.07 Å². The Morgan fingerprint density at radius 3 is 2.52 bits per heavy atom. The Morgan fingerprint density at radius 1 is 1.10 bits per heavy atom. The highest BCUT2D eigenvalue weighted by Crippen LogP contribution is 2.19. The predicted octanol–water partition coefficient (Wildman–Crippen LogP) is 3.50. The molecule has 2 aromatic heterocycles. The third kappa shape index (κ3) is 7.14. The van der Waals surface area contributed by atoms with Crippen LogP contribution in [0.5, 0.6) is 5.88 Å². The van der Waals surface area contributed by atoms with Crippen molar-refractivity contribution in [2.24, 2.45) is 0 Å². The molecule has 0 atom stereocenters. The van der Waals surface area contributed by atoms with E-state index < -0.39 is 18.7 Å². The number of nitrogens with zero attached hydrogens (tertiary/aromatic N) is 3. The standard InChI is InChI=1S/C20H18F3N5O3/c21-20(22,23)12-31-18-5-4-14(11-25-18)19(30)27-16-3-1-2-15(10-16)26-17(29)6-8-28-9-7-24-13-28/h1-5,7,9-11,13H,6,8,12H2,(H,26,29)(H,27,30). The molecule has 8 nitrogen and oxygen atoms in total. The summed E-state index contributed by atoms with van der Waals surface area (Å²) >= 11 is 0. The second-order valence-corrected chi connectivity index (χ2v) is 6.42. The van der Waals surface area contributed by atoms with Gasteiger partial charge < -0.3 is 19.9 Å². The first kappa shape index (κ1) is 21.8. The number of carbonyl (C=O) groups is 2. The lowest BCUT2D eigenvalue weighted by Crippen LogP contribution is -2.19. The number of hydrogen-bond acceptors (Lipinski definition) is 5. The normalized spacial score (nSPS) is 11.1. The fraction of sp³-hybridized carbons (Fsp3) is 0.200. The molecule has 0 aliphatic rings. The molecule has 0 aliphatic carbocycles. The summed E-state index contributed by atoms with van der Waals surface area (Å²) < 4.78 is 42.8. The van der Waals surface area contributed by atoms with Crippen molar-refractivity contribution in [3.63, 3.8) is 0 Å². The topological polar surface area (TPSA) is 98.1 Å². The molecule has 0 fully saturated rings. The van der Waals surface area contributed by atoms with Crippen molar-refractivity contribution in [1.29, 1.82) is 0 Å². The van der Waals surface area contributed by atoms with Gasteiger partial charge >= 0.3 is 6.18 Å². The van der Waals surface area contributed by atoms with Crippen molar-refractivity contribution >= 4 is 23.2 Å². The molecule has 3 aromatic rings. The lowest BCUT2D eigenvalue weighted by Gasteiger charge is -2.10. The maximum atomic E-state index is 12.3. The van der Waals surface area contributed by atoms with E-state index in [4.69, 9.17) is 0 Å². The lowest BCUT2D eigenvalue weighted by atomic mass is 10.2. The number of amides is 2. The quantitative estimate of drug-likeness (QED) is 0.567. The summed E-state index contributed by atoms with van der Waals surface area (Å²) in [6.07, 6.45) is 1.89.